The number of aromatic nitrogens is 2. The van der Waals surface area contributed by atoms with Crippen LogP contribution in [-0.2, 0) is 6.54 Å². The van der Waals surface area contributed by atoms with Crippen molar-refractivity contribution in [1.29, 1.82) is 0 Å². The van der Waals surface area contributed by atoms with Gasteiger partial charge in [0.1, 0.15) is 0 Å². The number of pyridine rings is 2. The second-order valence-corrected chi connectivity index (χ2v) is 4.64. The van der Waals surface area contributed by atoms with Gasteiger partial charge in [-0.1, -0.05) is 17.7 Å². The lowest BCUT2D eigenvalue weighted by atomic mass is 10.0. The van der Waals surface area contributed by atoms with Crippen LogP contribution in [0.15, 0.2) is 48.8 Å². The highest BCUT2D eigenvalue weighted by molar-refractivity contribution is 5.85. The van der Waals surface area contributed by atoms with E-state index in [2.05, 4.69) is 35.1 Å². The van der Waals surface area contributed by atoms with Gasteiger partial charge in [0.15, 0.2) is 0 Å². The van der Waals surface area contributed by atoms with Crippen LogP contribution in [0.25, 0.3) is 22.2 Å². The summed E-state index contributed by atoms with van der Waals surface area (Å²) >= 11 is 0. The first-order valence-corrected chi connectivity index (χ1v) is 6.28. The first-order chi connectivity index (χ1) is 9.28. The Morgan fingerprint density at radius 3 is 2.75 bits per heavy atom. The fourth-order valence-electron chi connectivity index (χ4n) is 2.24. The fraction of sp³-hybridized carbons (Fsp3) is 0.125. The molecule has 0 spiro atoms. The smallest absolute Gasteiger partial charge is 0.0762 e. The Balaban J connectivity index is 0.00000147. The molecule has 2 aromatic heterocycles. The number of benzene rings is 1. The van der Waals surface area contributed by atoms with Gasteiger partial charge in [0.2, 0.25) is 0 Å². The third kappa shape index (κ3) is 2.64. The van der Waals surface area contributed by atoms with E-state index < -0.39 is 0 Å². The second kappa shape index (κ2) is 5.99. The lowest BCUT2D eigenvalue weighted by Gasteiger charge is -2.07. The topological polar surface area (TPSA) is 51.8 Å². The van der Waals surface area contributed by atoms with Crippen molar-refractivity contribution in [3.63, 3.8) is 0 Å². The lowest BCUT2D eigenvalue weighted by Crippen LogP contribution is -2.00. The highest BCUT2D eigenvalue weighted by atomic mass is 35.5. The summed E-state index contributed by atoms with van der Waals surface area (Å²) in [7, 11) is 0. The first-order valence-electron chi connectivity index (χ1n) is 6.28. The number of hydrogen-bond donors (Lipinski definition) is 1. The van der Waals surface area contributed by atoms with Crippen LogP contribution < -0.4 is 5.73 Å². The molecule has 0 aliphatic rings. The molecule has 0 atom stereocenters. The van der Waals surface area contributed by atoms with Crippen LogP contribution in [0.1, 0.15) is 11.1 Å². The molecular formula is C16H16ClN3. The molecule has 0 radical (unpaired) electrons. The summed E-state index contributed by atoms with van der Waals surface area (Å²) in [6.45, 7) is 2.56. The van der Waals surface area contributed by atoms with Crippen molar-refractivity contribution in [2.24, 2.45) is 5.73 Å². The van der Waals surface area contributed by atoms with Crippen LogP contribution in [-0.4, -0.2) is 9.97 Å². The van der Waals surface area contributed by atoms with E-state index in [-0.39, 0.29) is 12.4 Å². The number of rotatable bonds is 2. The van der Waals surface area contributed by atoms with Crippen molar-refractivity contribution in [2.75, 3.05) is 0 Å². The van der Waals surface area contributed by atoms with Gasteiger partial charge in [-0.15, -0.1) is 12.4 Å². The van der Waals surface area contributed by atoms with Crippen molar-refractivity contribution in [3.8, 4) is 11.3 Å². The molecule has 0 aliphatic carbocycles. The molecule has 3 nitrogen and oxygen atoms in total. The average molecular weight is 286 g/mol. The van der Waals surface area contributed by atoms with Gasteiger partial charge in [-0.3, -0.25) is 9.97 Å². The molecule has 3 rings (SSSR count). The van der Waals surface area contributed by atoms with E-state index in [4.69, 9.17) is 5.73 Å². The molecule has 0 amide bonds. The Bertz CT molecular complexity index is 741. The molecule has 0 unspecified atom stereocenters. The second-order valence-electron chi connectivity index (χ2n) is 4.64. The largest absolute Gasteiger partial charge is 0.326 e. The van der Waals surface area contributed by atoms with E-state index >= 15 is 0 Å². The van der Waals surface area contributed by atoms with Gasteiger partial charge in [-0.25, -0.2) is 0 Å². The molecule has 102 valence electrons. The molecular weight excluding hydrogens is 270 g/mol. The van der Waals surface area contributed by atoms with Gasteiger partial charge in [0, 0.05) is 29.9 Å². The van der Waals surface area contributed by atoms with E-state index in [1.54, 1.807) is 6.20 Å². The quantitative estimate of drug-likeness (QED) is 0.784. The predicted molar refractivity (Wildman–Crippen MR) is 84.9 cm³/mol. The van der Waals surface area contributed by atoms with E-state index in [0.29, 0.717) is 6.54 Å². The number of halogens is 1. The van der Waals surface area contributed by atoms with Crippen LogP contribution in [0.3, 0.4) is 0 Å². The molecule has 2 N–H and O–H groups in total. The van der Waals surface area contributed by atoms with Crippen molar-refractivity contribution in [2.45, 2.75) is 13.5 Å². The Kier molecular flexibility index (Phi) is 4.32. The predicted octanol–water partition coefficient (Wildman–Crippen LogP) is 3.49. The maximum absolute atomic E-state index is 5.76. The zero-order chi connectivity index (χ0) is 13.2. The maximum atomic E-state index is 5.76. The molecule has 0 saturated carbocycles. The number of aryl methyl sites for hydroxylation is 1. The summed E-state index contributed by atoms with van der Waals surface area (Å²) in [5.41, 5.74) is 11.0. The summed E-state index contributed by atoms with van der Waals surface area (Å²) in [4.78, 5) is 8.92. The van der Waals surface area contributed by atoms with Crippen molar-refractivity contribution < 1.29 is 0 Å². The van der Waals surface area contributed by atoms with Gasteiger partial charge in [-0.2, -0.15) is 0 Å². The molecule has 20 heavy (non-hydrogen) atoms. The zero-order valence-electron chi connectivity index (χ0n) is 11.2. The molecule has 2 heterocycles. The third-order valence-electron chi connectivity index (χ3n) is 3.22. The first kappa shape index (κ1) is 14.4. The summed E-state index contributed by atoms with van der Waals surface area (Å²) < 4.78 is 0. The summed E-state index contributed by atoms with van der Waals surface area (Å²) in [5, 5.41) is 1.13. The number of nitrogens with zero attached hydrogens (tertiary/aromatic N) is 2. The fourth-order valence-corrected chi connectivity index (χ4v) is 2.24. The van der Waals surface area contributed by atoms with Crippen molar-refractivity contribution in [1.82, 2.24) is 9.97 Å². The van der Waals surface area contributed by atoms with Crippen LogP contribution in [0.4, 0.5) is 0 Å². The number of fused-ring (bicyclic) bond motifs is 1. The van der Waals surface area contributed by atoms with Crippen molar-refractivity contribution >= 4 is 23.3 Å². The minimum absolute atomic E-state index is 0. The number of nitrogens with two attached hydrogens (primary N) is 1. The van der Waals surface area contributed by atoms with E-state index in [0.717, 1.165) is 27.7 Å². The Morgan fingerprint density at radius 1 is 1.10 bits per heavy atom. The van der Waals surface area contributed by atoms with E-state index in [1.165, 1.54) is 5.56 Å². The SMILES string of the molecule is Cc1ccc2ncc(-c3ncccc3CN)cc2c1.Cl. The third-order valence-corrected chi connectivity index (χ3v) is 3.22. The van der Waals surface area contributed by atoms with Crippen LogP contribution in [0.2, 0.25) is 0 Å². The normalized spacial score (nSPS) is 10.3. The van der Waals surface area contributed by atoms with Gasteiger partial charge in [0.25, 0.3) is 0 Å². The molecule has 0 aliphatic heterocycles. The molecule has 0 fully saturated rings. The Morgan fingerprint density at radius 2 is 1.95 bits per heavy atom. The maximum Gasteiger partial charge on any atom is 0.0762 e. The summed E-state index contributed by atoms with van der Waals surface area (Å²) in [6.07, 6.45) is 3.65. The van der Waals surface area contributed by atoms with Crippen LogP contribution >= 0.6 is 12.4 Å². The Labute approximate surface area is 124 Å². The summed E-state index contributed by atoms with van der Waals surface area (Å²) in [5.74, 6) is 0. The number of hydrogen-bond acceptors (Lipinski definition) is 3. The van der Waals surface area contributed by atoms with Gasteiger partial charge in [0.05, 0.1) is 11.2 Å². The molecule has 1 aromatic carbocycles. The van der Waals surface area contributed by atoms with E-state index in [1.807, 2.05) is 24.4 Å². The van der Waals surface area contributed by atoms with Gasteiger partial charge in [-0.05, 0) is 36.8 Å². The van der Waals surface area contributed by atoms with Gasteiger partial charge >= 0.3 is 0 Å². The molecule has 0 bridgehead atoms. The highest BCUT2D eigenvalue weighted by Gasteiger charge is 2.06. The zero-order valence-corrected chi connectivity index (χ0v) is 12.0. The standard InChI is InChI=1S/C16H15N3.ClH/c1-11-4-5-15-13(7-11)8-14(10-19-15)16-12(9-17)3-2-6-18-16;/h2-8,10H,9,17H2,1H3;1H. The van der Waals surface area contributed by atoms with Crippen molar-refractivity contribution in [3.05, 3.63) is 59.9 Å². The molecule has 0 saturated heterocycles. The minimum Gasteiger partial charge on any atom is -0.326 e. The molecule has 3 aromatic rings. The van der Waals surface area contributed by atoms with E-state index in [9.17, 15) is 0 Å². The Hall–Kier alpha value is -1.97. The minimum atomic E-state index is 0. The monoisotopic (exact) mass is 285 g/mol. The molecule has 4 heteroatoms. The van der Waals surface area contributed by atoms with Crippen LogP contribution in [0.5, 0.6) is 0 Å². The average Bonchev–Trinajstić information content (AvgIpc) is 2.46. The highest BCUT2D eigenvalue weighted by Crippen LogP contribution is 2.24. The lowest BCUT2D eigenvalue weighted by molar-refractivity contribution is 1.05. The summed E-state index contributed by atoms with van der Waals surface area (Å²) in [6, 6.07) is 12.3. The van der Waals surface area contributed by atoms with Gasteiger partial charge < -0.3 is 5.73 Å². The van der Waals surface area contributed by atoms with Crippen LogP contribution in [0, 0.1) is 6.92 Å².